The molecule has 28 heavy (non-hydrogen) atoms. The molecule has 0 aromatic rings. The predicted octanol–water partition coefficient (Wildman–Crippen LogP) is 7.45. The molecule has 0 fully saturated rings. The second-order valence-electron chi connectivity index (χ2n) is 8.60. The highest BCUT2D eigenvalue weighted by Gasteiger charge is 2.59. The number of hydrogen-bond acceptors (Lipinski definition) is 2. The van der Waals surface area contributed by atoms with Gasteiger partial charge in [-0.15, -0.1) is 0 Å². The van der Waals surface area contributed by atoms with Gasteiger partial charge in [-0.25, -0.2) is 0 Å². The summed E-state index contributed by atoms with van der Waals surface area (Å²) < 4.78 is 0. The van der Waals surface area contributed by atoms with Gasteiger partial charge in [0.1, 0.15) is 0 Å². The summed E-state index contributed by atoms with van der Waals surface area (Å²) in [6.07, 6.45) is 13.2. The molecule has 0 aromatic carbocycles. The van der Waals surface area contributed by atoms with Gasteiger partial charge in [0, 0.05) is 0 Å². The Morgan fingerprint density at radius 1 is 0.500 bits per heavy atom. The molecule has 2 atom stereocenters. The second kappa shape index (κ2) is 14.9. The van der Waals surface area contributed by atoms with Crippen LogP contribution >= 0.6 is 0 Å². The van der Waals surface area contributed by atoms with Crippen LogP contribution in [-0.4, -0.2) is 22.2 Å². The number of carbonyl (C=O) groups is 2. The van der Waals surface area contributed by atoms with E-state index >= 15 is 0 Å². The molecule has 0 aliphatic carbocycles. The Morgan fingerprint density at radius 3 is 1.04 bits per heavy atom. The molecule has 0 bridgehead atoms. The Morgan fingerprint density at radius 2 is 0.786 bits per heavy atom. The van der Waals surface area contributed by atoms with Crippen LogP contribution in [0, 0.1) is 10.8 Å². The van der Waals surface area contributed by atoms with Crippen molar-refractivity contribution in [2.75, 3.05) is 0 Å². The number of carboxylic acids is 2. The fourth-order valence-corrected chi connectivity index (χ4v) is 4.71. The van der Waals surface area contributed by atoms with Crippen molar-refractivity contribution in [1.29, 1.82) is 0 Å². The van der Waals surface area contributed by atoms with E-state index in [9.17, 15) is 19.8 Å². The lowest BCUT2D eigenvalue weighted by atomic mass is 9.54. The number of aliphatic carboxylic acids is 2. The van der Waals surface area contributed by atoms with E-state index in [0.29, 0.717) is 25.7 Å². The predicted molar refractivity (Wildman–Crippen MR) is 117 cm³/mol. The zero-order chi connectivity index (χ0) is 21.5. The van der Waals surface area contributed by atoms with E-state index in [1.54, 1.807) is 0 Å². The molecule has 0 amide bonds. The number of hydrogen-bond donors (Lipinski definition) is 2. The van der Waals surface area contributed by atoms with Crippen molar-refractivity contribution >= 4 is 11.9 Å². The normalized spacial score (nSPS) is 15.7. The highest BCUT2D eigenvalue weighted by Crippen LogP contribution is 2.54. The minimum absolute atomic E-state index is 0.481. The van der Waals surface area contributed by atoms with Crippen LogP contribution in [0.1, 0.15) is 130 Å². The SMILES string of the molecule is CCCCCCC(CCCC)(C(=O)O)C(CCCC)(CCCCCC)C(=O)O. The Labute approximate surface area is 173 Å². The van der Waals surface area contributed by atoms with E-state index < -0.39 is 22.8 Å². The first kappa shape index (κ1) is 26.9. The van der Waals surface area contributed by atoms with Crippen molar-refractivity contribution in [3.05, 3.63) is 0 Å². The molecule has 0 aliphatic heterocycles. The van der Waals surface area contributed by atoms with E-state index in [0.717, 1.165) is 77.0 Å². The monoisotopic (exact) mass is 398 g/mol. The van der Waals surface area contributed by atoms with Gasteiger partial charge in [-0.05, 0) is 25.7 Å². The Bertz CT molecular complexity index is 394. The third-order valence-electron chi connectivity index (χ3n) is 6.56. The summed E-state index contributed by atoms with van der Waals surface area (Å²) in [5.41, 5.74) is -2.30. The van der Waals surface area contributed by atoms with Crippen LogP contribution in [-0.2, 0) is 9.59 Å². The average molecular weight is 399 g/mol. The van der Waals surface area contributed by atoms with Crippen LogP contribution in [0.3, 0.4) is 0 Å². The molecule has 4 nitrogen and oxygen atoms in total. The molecule has 0 heterocycles. The molecule has 0 spiro atoms. The van der Waals surface area contributed by atoms with Gasteiger partial charge in [0.25, 0.3) is 0 Å². The van der Waals surface area contributed by atoms with Crippen LogP contribution in [0.4, 0.5) is 0 Å². The van der Waals surface area contributed by atoms with Gasteiger partial charge < -0.3 is 10.2 Å². The van der Waals surface area contributed by atoms with Gasteiger partial charge >= 0.3 is 11.9 Å². The summed E-state index contributed by atoms with van der Waals surface area (Å²) in [4.78, 5) is 25.5. The number of carboxylic acid groups (broad SMARTS) is 2. The third-order valence-corrected chi connectivity index (χ3v) is 6.56. The van der Waals surface area contributed by atoms with Gasteiger partial charge in [-0.1, -0.05) is 105 Å². The quantitative estimate of drug-likeness (QED) is 0.222. The van der Waals surface area contributed by atoms with Crippen molar-refractivity contribution in [3.63, 3.8) is 0 Å². The van der Waals surface area contributed by atoms with Gasteiger partial charge in [0.2, 0.25) is 0 Å². The van der Waals surface area contributed by atoms with Crippen molar-refractivity contribution < 1.29 is 19.8 Å². The first-order valence-electron chi connectivity index (χ1n) is 11.8. The molecule has 0 aliphatic rings. The summed E-state index contributed by atoms with van der Waals surface area (Å²) >= 11 is 0. The van der Waals surface area contributed by atoms with E-state index in [-0.39, 0.29) is 0 Å². The van der Waals surface area contributed by atoms with Crippen LogP contribution in [0.25, 0.3) is 0 Å². The van der Waals surface area contributed by atoms with Crippen LogP contribution in [0.5, 0.6) is 0 Å². The first-order valence-corrected chi connectivity index (χ1v) is 11.8. The van der Waals surface area contributed by atoms with E-state index in [2.05, 4.69) is 27.7 Å². The highest BCUT2D eigenvalue weighted by molar-refractivity contribution is 5.86. The summed E-state index contributed by atoms with van der Waals surface area (Å²) in [6, 6.07) is 0. The maximum Gasteiger partial charge on any atom is 0.310 e. The smallest absolute Gasteiger partial charge is 0.310 e. The molecule has 0 aromatic heterocycles. The largest absolute Gasteiger partial charge is 0.481 e. The molecule has 0 rings (SSSR count). The summed E-state index contributed by atoms with van der Waals surface area (Å²) in [5, 5.41) is 20.9. The van der Waals surface area contributed by atoms with Gasteiger partial charge in [0.05, 0.1) is 10.8 Å². The van der Waals surface area contributed by atoms with E-state index in [4.69, 9.17) is 0 Å². The average Bonchev–Trinajstić information content (AvgIpc) is 2.67. The molecule has 166 valence electrons. The molecule has 2 N–H and O–H groups in total. The summed E-state index contributed by atoms with van der Waals surface area (Å²) in [5.74, 6) is -1.77. The Kier molecular flexibility index (Phi) is 14.3. The van der Waals surface area contributed by atoms with E-state index in [1.165, 1.54) is 0 Å². The Hall–Kier alpha value is -1.06. The standard InChI is InChI=1S/C24H46O4/c1-5-9-13-15-19-23(21(25)26,17-11-7-3)24(22(27)28,18-12-8-4)20-16-14-10-6-2/h5-20H2,1-4H3,(H,25,26)(H,27,28). The molecule has 0 saturated heterocycles. The van der Waals surface area contributed by atoms with Gasteiger partial charge in [0.15, 0.2) is 0 Å². The highest BCUT2D eigenvalue weighted by atomic mass is 16.4. The first-order chi connectivity index (χ1) is 13.4. The minimum Gasteiger partial charge on any atom is -0.481 e. The maximum absolute atomic E-state index is 12.7. The zero-order valence-electron chi connectivity index (χ0n) is 19.0. The topological polar surface area (TPSA) is 74.6 Å². The Balaban J connectivity index is 6.01. The lowest BCUT2D eigenvalue weighted by molar-refractivity contribution is -0.179. The molecular formula is C24H46O4. The van der Waals surface area contributed by atoms with Crippen molar-refractivity contribution in [3.8, 4) is 0 Å². The lowest BCUT2D eigenvalue weighted by Crippen LogP contribution is -2.53. The van der Waals surface area contributed by atoms with Crippen LogP contribution in [0.2, 0.25) is 0 Å². The molecule has 2 unspecified atom stereocenters. The molecule has 0 radical (unpaired) electrons. The van der Waals surface area contributed by atoms with Crippen molar-refractivity contribution in [1.82, 2.24) is 0 Å². The number of rotatable bonds is 19. The number of unbranched alkanes of at least 4 members (excludes halogenated alkanes) is 8. The molecule has 4 heteroatoms. The maximum atomic E-state index is 12.7. The zero-order valence-corrected chi connectivity index (χ0v) is 19.0. The third kappa shape index (κ3) is 7.40. The molecule has 0 saturated carbocycles. The fraction of sp³-hybridized carbons (Fsp3) is 0.917. The lowest BCUT2D eigenvalue weighted by Gasteiger charge is -2.46. The van der Waals surface area contributed by atoms with Gasteiger partial charge in [-0.2, -0.15) is 0 Å². The van der Waals surface area contributed by atoms with Crippen molar-refractivity contribution in [2.24, 2.45) is 10.8 Å². The van der Waals surface area contributed by atoms with Crippen LogP contribution in [0.15, 0.2) is 0 Å². The fourth-order valence-electron chi connectivity index (χ4n) is 4.71. The minimum atomic E-state index is -1.15. The summed E-state index contributed by atoms with van der Waals surface area (Å²) in [7, 11) is 0. The summed E-state index contributed by atoms with van der Waals surface area (Å²) in [6.45, 7) is 8.38. The molecular weight excluding hydrogens is 352 g/mol. The van der Waals surface area contributed by atoms with Crippen molar-refractivity contribution in [2.45, 2.75) is 130 Å². The van der Waals surface area contributed by atoms with Gasteiger partial charge in [-0.3, -0.25) is 9.59 Å². The van der Waals surface area contributed by atoms with E-state index in [1.807, 2.05) is 0 Å². The van der Waals surface area contributed by atoms with Crippen LogP contribution < -0.4 is 0 Å². The second-order valence-corrected chi connectivity index (χ2v) is 8.60.